The summed E-state index contributed by atoms with van der Waals surface area (Å²) in [5.41, 5.74) is 1.25. The first-order valence-electron chi connectivity index (χ1n) is 9.83. The molecule has 4 atom stereocenters. The number of carbonyl (C=O) groups is 1. The molecule has 2 aromatic rings. The molecule has 2 N–H and O–H groups in total. The standard InChI is InChI=1S/C24H28O5/c1-24(17-29-15-19-10-6-3-7-11-19)20(23(26)27)12-13-22(25)21(24)16-28-14-18-8-4-2-5-9-18/h2-13,20-22,25H,14-17H2,1H3,(H,26,27)/t20-,21+,22-,24-/m1/s1. The van der Waals surface area contributed by atoms with Crippen molar-refractivity contribution in [3.8, 4) is 0 Å². The van der Waals surface area contributed by atoms with Gasteiger partial charge in [0.05, 0.1) is 38.4 Å². The molecule has 1 aliphatic rings. The Balaban J connectivity index is 1.69. The van der Waals surface area contributed by atoms with Gasteiger partial charge in [-0.3, -0.25) is 4.79 Å². The maximum Gasteiger partial charge on any atom is 0.311 e. The minimum atomic E-state index is -0.924. The van der Waals surface area contributed by atoms with Crippen LogP contribution in [-0.2, 0) is 27.5 Å². The molecule has 3 rings (SSSR count). The van der Waals surface area contributed by atoms with E-state index in [1.165, 1.54) is 0 Å². The molecule has 5 heteroatoms. The summed E-state index contributed by atoms with van der Waals surface area (Å²) < 4.78 is 11.8. The van der Waals surface area contributed by atoms with Gasteiger partial charge in [0.2, 0.25) is 0 Å². The first-order chi connectivity index (χ1) is 14.0. The lowest BCUT2D eigenvalue weighted by molar-refractivity contribution is -0.154. The molecule has 0 radical (unpaired) electrons. The number of aliphatic hydroxyl groups excluding tert-OH is 1. The summed E-state index contributed by atoms with van der Waals surface area (Å²) in [5.74, 6) is -2.08. The van der Waals surface area contributed by atoms with Crippen LogP contribution in [0.15, 0.2) is 72.8 Å². The summed E-state index contributed by atoms with van der Waals surface area (Å²) in [6, 6.07) is 19.5. The highest BCUT2D eigenvalue weighted by Gasteiger charge is 2.49. The fraction of sp³-hybridized carbons (Fsp3) is 0.375. The van der Waals surface area contributed by atoms with Crippen molar-refractivity contribution in [3.05, 3.63) is 83.9 Å². The van der Waals surface area contributed by atoms with E-state index in [2.05, 4.69) is 0 Å². The van der Waals surface area contributed by atoms with Crippen molar-refractivity contribution in [2.24, 2.45) is 17.3 Å². The zero-order chi connectivity index (χ0) is 20.7. The highest BCUT2D eigenvalue weighted by Crippen LogP contribution is 2.43. The number of carboxylic acid groups (broad SMARTS) is 1. The number of rotatable bonds is 9. The molecular weight excluding hydrogens is 368 g/mol. The molecule has 0 heterocycles. The zero-order valence-corrected chi connectivity index (χ0v) is 16.6. The molecule has 1 aliphatic carbocycles. The minimum absolute atomic E-state index is 0.208. The van der Waals surface area contributed by atoms with E-state index in [-0.39, 0.29) is 13.2 Å². The monoisotopic (exact) mass is 396 g/mol. The Bertz CT molecular complexity index is 805. The van der Waals surface area contributed by atoms with Gasteiger partial charge in [-0.1, -0.05) is 79.7 Å². The summed E-state index contributed by atoms with van der Waals surface area (Å²) in [7, 11) is 0. The van der Waals surface area contributed by atoms with Crippen LogP contribution in [0.1, 0.15) is 18.1 Å². The maximum atomic E-state index is 11.9. The predicted octanol–water partition coefficient (Wildman–Crippen LogP) is 3.67. The zero-order valence-electron chi connectivity index (χ0n) is 16.6. The molecule has 0 amide bonds. The van der Waals surface area contributed by atoms with E-state index in [0.717, 1.165) is 11.1 Å². The number of ether oxygens (including phenoxy) is 2. The van der Waals surface area contributed by atoms with Crippen LogP contribution >= 0.6 is 0 Å². The van der Waals surface area contributed by atoms with Crippen LogP contribution in [0.2, 0.25) is 0 Å². The third-order valence-electron chi connectivity index (χ3n) is 5.67. The van der Waals surface area contributed by atoms with Gasteiger partial charge in [-0.25, -0.2) is 0 Å². The molecule has 0 saturated heterocycles. The largest absolute Gasteiger partial charge is 0.481 e. The van der Waals surface area contributed by atoms with Crippen LogP contribution in [0.25, 0.3) is 0 Å². The molecular formula is C24H28O5. The van der Waals surface area contributed by atoms with Crippen molar-refractivity contribution in [1.82, 2.24) is 0 Å². The third kappa shape index (κ3) is 5.32. The maximum absolute atomic E-state index is 11.9. The van der Waals surface area contributed by atoms with Crippen LogP contribution in [-0.4, -0.2) is 35.5 Å². The molecule has 29 heavy (non-hydrogen) atoms. The van der Waals surface area contributed by atoms with Crippen molar-refractivity contribution in [2.45, 2.75) is 26.2 Å². The fourth-order valence-electron chi connectivity index (χ4n) is 3.89. The van der Waals surface area contributed by atoms with Crippen LogP contribution in [0.4, 0.5) is 0 Å². The molecule has 0 bridgehead atoms. The lowest BCUT2D eigenvalue weighted by Crippen LogP contribution is -2.51. The summed E-state index contributed by atoms with van der Waals surface area (Å²) >= 11 is 0. The van der Waals surface area contributed by atoms with E-state index in [0.29, 0.717) is 13.2 Å². The van der Waals surface area contributed by atoms with E-state index in [4.69, 9.17) is 9.47 Å². The van der Waals surface area contributed by atoms with E-state index in [1.54, 1.807) is 12.2 Å². The molecule has 0 aromatic heterocycles. The molecule has 0 aliphatic heterocycles. The first kappa shape index (κ1) is 21.2. The van der Waals surface area contributed by atoms with E-state index >= 15 is 0 Å². The predicted molar refractivity (Wildman–Crippen MR) is 110 cm³/mol. The third-order valence-corrected chi connectivity index (χ3v) is 5.67. The summed E-state index contributed by atoms with van der Waals surface area (Å²) in [4.78, 5) is 11.9. The topological polar surface area (TPSA) is 76.0 Å². The van der Waals surface area contributed by atoms with E-state index in [1.807, 2.05) is 67.6 Å². The molecule has 0 spiro atoms. The molecule has 0 saturated carbocycles. The molecule has 2 aromatic carbocycles. The summed E-state index contributed by atoms with van der Waals surface area (Å²) in [5, 5.41) is 20.4. The normalized spacial score (nSPS) is 26.3. The molecule has 5 nitrogen and oxygen atoms in total. The molecule has 0 unspecified atom stereocenters. The van der Waals surface area contributed by atoms with Gasteiger partial charge in [-0.2, -0.15) is 0 Å². The van der Waals surface area contributed by atoms with Gasteiger partial charge in [0.25, 0.3) is 0 Å². The first-order valence-corrected chi connectivity index (χ1v) is 9.83. The molecule has 154 valence electrons. The molecule has 0 fully saturated rings. The van der Waals surface area contributed by atoms with E-state index < -0.39 is 29.3 Å². The number of aliphatic carboxylic acids is 1. The Labute approximate surface area is 171 Å². The van der Waals surface area contributed by atoms with E-state index in [9.17, 15) is 15.0 Å². The van der Waals surface area contributed by atoms with Gasteiger partial charge in [0.15, 0.2) is 0 Å². The Morgan fingerprint density at radius 1 is 0.931 bits per heavy atom. The van der Waals surface area contributed by atoms with Gasteiger partial charge in [-0.05, 0) is 11.1 Å². The Morgan fingerprint density at radius 2 is 1.48 bits per heavy atom. The average molecular weight is 396 g/mol. The number of aliphatic hydroxyl groups is 1. The number of hydrogen-bond donors (Lipinski definition) is 2. The smallest absolute Gasteiger partial charge is 0.311 e. The second-order valence-corrected chi connectivity index (χ2v) is 7.78. The van der Waals surface area contributed by atoms with Gasteiger partial charge in [0, 0.05) is 11.3 Å². The number of hydrogen-bond acceptors (Lipinski definition) is 4. The van der Waals surface area contributed by atoms with Crippen molar-refractivity contribution < 1.29 is 24.5 Å². The lowest BCUT2D eigenvalue weighted by Gasteiger charge is -2.44. The summed E-state index contributed by atoms with van der Waals surface area (Å²) in [6.45, 7) is 3.11. The summed E-state index contributed by atoms with van der Waals surface area (Å²) in [6.07, 6.45) is 2.35. The van der Waals surface area contributed by atoms with Crippen molar-refractivity contribution in [2.75, 3.05) is 13.2 Å². The second-order valence-electron chi connectivity index (χ2n) is 7.78. The van der Waals surface area contributed by atoms with Crippen LogP contribution in [0, 0.1) is 17.3 Å². The highest BCUT2D eigenvalue weighted by atomic mass is 16.5. The minimum Gasteiger partial charge on any atom is -0.481 e. The Hall–Kier alpha value is -2.47. The SMILES string of the molecule is C[C@@]1(COCc2ccccc2)[C@@H](C(=O)O)C=C[C@@H](O)[C@@H]1COCc1ccccc1. The Morgan fingerprint density at radius 3 is 2.03 bits per heavy atom. The van der Waals surface area contributed by atoms with Gasteiger partial charge >= 0.3 is 5.97 Å². The van der Waals surface area contributed by atoms with Crippen molar-refractivity contribution in [1.29, 1.82) is 0 Å². The van der Waals surface area contributed by atoms with Crippen molar-refractivity contribution in [3.63, 3.8) is 0 Å². The van der Waals surface area contributed by atoms with Crippen molar-refractivity contribution >= 4 is 5.97 Å². The number of benzene rings is 2. The highest BCUT2D eigenvalue weighted by molar-refractivity contribution is 5.73. The quantitative estimate of drug-likeness (QED) is 0.633. The average Bonchev–Trinajstić information content (AvgIpc) is 2.72. The van der Waals surface area contributed by atoms with Gasteiger partial charge in [0.1, 0.15) is 0 Å². The van der Waals surface area contributed by atoms with Gasteiger partial charge in [-0.15, -0.1) is 0 Å². The fourth-order valence-corrected chi connectivity index (χ4v) is 3.89. The van der Waals surface area contributed by atoms with Crippen LogP contribution in [0.3, 0.4) is 0 Å². The Kier molecular flexibility index (Phi) is 7.20. The number of carboxylic acids is 1. The second kappa shape index (κ2) is 9.83. The lowest BCUT2D eigenvalue weighted by atomic mass is 9.63. The van der Waals surface area contributed by atoms with Crippen LogP contribution < -0.4 is 0 Å². The van der Waals surface area contributed by atoms with Gasteiger partial charge < -0.3 is 19.7 Å². The van der Waals surface area contributed by atoms with Crippen LogP contribution in [0.5, 0.6) is 0 Å².